The number of rotatable bonds is 6. The molecule has 9 heteroatoms. The van der Waals surface area contributed by atoms with Crippen LogP contribution in [0.25, 0.3) is 0 Å². The van der Waals surface area contributed by atoms with Crippen LogP contribution in [0.5, 0.6) is 5.75 Å². The van der Waals surface area contributed by atoms with E-state index in [1.165, 1.54) is 48.4 Å². The Morgan fingerprint density at radius 1 is 1.14 bits per heavy atom. The molecule has 0 unspecified atom stereocenters. The molecule has 1 saturated carbocycles. The molecular formula is C19H22F3N3O2S. The molecule has 0 radical (unpaired) electrons. The second kappa shape index (κ2) is 9.27. The number of nitrogens with zero attached hydrogens (tertiary/aromatic N) is 1. The predicted molar refractivity (Wildman–Crippen MR) is 102 cm³/mol. The third kappa shape index (κ3) is 6.70. The molecule has 1 amide bonds. The first-order valence-electron chi connectivity index (χ1n) is 9.24. The summed E-state index contributed by atoms with van der Waals surface area (Å²) in [4.78, 5) is 16.6. The van der Waals surface area contributed by atoms with Gasteiger partial charge < -0.3 is 15.4 Å². The van der Waals surface area contributed by atoms with Gasteiger partial charge in [-0.25, -0.2) is 4.98 Å². The van der Waals surface area contributed by atoms with Crippen LogP contribution in [0.4, 0.5) is 24.0 Å². The van der Waals surface area contributed by atoms with Crippen LogP contribution in [-0.4, -0.2) is 23.3 Å². The van der Waals surface area contributed by atoms with Gasteiger partial charge in [-0.3, -0.25) is 4.79 Å². The summed E-state index contributed by atoms with van der Waals surface area (Å²) in [6.45, 7) is 0. The maximum atomic E-state index is 12.2. The van der Waals surface area contributed by atoms with Gasteiger partial charge in [0.1, 0.15) is 5.75 Å². The highest BCUT2D eigenvalue weighted by atomic mass is 32.1. The Labute approximate surface area is 165 Å². The molecule has 1 aliphatic rings. The van der Waals surface area contributed by atoms with Crippen LogP contribution in [0, 0.1) is 0 Å². The molecule has 2 aromatic rings. The van der Waals surface area contributed by atoms with E-state index in [0.29, 0.717) is 16.5 Å². The van der Waals surface area contributed by atoms with Crippen molar-refractivity contribution in [2.75, 3.05) is 5.32 Å². The van der Waals surface area contributed by atoms with E-state index in [1.807, 2.05) is 0 Å². The molecule has 1 heterocycles. The van der Waals surface area contributed by atoms with Crippen molar-refractivity contribution in [3.05, 3.63) is 35.3 Å². The van der Waals surface area contributed by atoms with Crippen LogP contribution in [0.3, 0.4) is 0 Å². The Balaban J connectivity index is 1.50. The number of hydrogen-bond donors (Lipinski definition) is 2. The number of alkyl halides is 3. The SMILES string of the molecule is O=C(Cc1csc(Nc2ccc(OC(F)(F)F)cc2)n1)NC1CCCCCC1. The maximum absolute atomic E-state index is 12.2. The van der Waals surface area contributed by atoms with E-state index >= 15 is 0 Å². The molecule has 152 valence electrons. The van der Waals surface area contributed by atoms with Crippen LogP contribution < -0.4 is 15.4 Å². The largest absolute Gasteiger partial charge is 0.573 e. The summed E-state index contributed by atoms with van der Waals surface area (Å²) in [6.07, 6.45) is 2.34. The van der Waals surface area contributed by atoms with E-state index in [9.17, 15) is 18.0 Å². The van der Waals surface area contributed by atoms with Crippen LogP contribution >= 0.6 is 11.3 Å². The number of hydrogen-bond acceptors (Lipinski definition) is 5. The lowest BCUT2D eigenvalue weighted by Crippen LogP contribution is -2.35. The minimum absolute atomic E-state index is 0.0302. The van der Waals surface area contributed by atoms with Crippen molar-refractivity contribution in [3.63, 3.8) is 0 Å². The van der Waals surface area contributed by atoms with Crippen molar-refractivity contribution in [3.8, 4) is 5.75 Å². The fourth-order valence-electron chi connectivity index (χ4n) is 3.18. The Hall–Kier alpha value is -2.29. The zero-order valence-corrected chi connectivity index (χ0v) is 16.0. The smallest absolute Gasteiger partial charge is 0.406 e. The average Bonchev–Trinajstić information content (AvgIpc) is 2.88. The van der Waals surface area contributed by atoms with Crippen LogP contribution in [0.15, 0.2) is 29.6 Å². The van der Waals surface area contributed by atoms with Crippen molar-refractivity contribution >= 4 is 28.1 Å². The summed E-state index contributed by atoms with van der Waals surface area (Å²) in [6, 6.07) is 5.65. The maximum Gasteiger partial charge on any atom is 0.573 e. The normalized spacial score (nSPS) is 15.7. The first-order chi connectivity index (χ1) is 13.4. The molecule has 2 N–H and O–H groups in total. The Morgan fingerprint density at radius 2 is 1.82 bits per heavy atom. The second-order valence-electron chi connectivity index (χ2n) is 6.77. The number of ether oxygens (including phenoxy) is 1. The summed E-state index contributed by atoms with van der Waals surface area (Å²) in [5.74, 6) is -0.314. The van der Waals surface area contributed by atoms with Gasteiger partial charge in [0.25, 0.3) is 0 Å². The number of benzene rings is 1. The van der Waals surface area contributed by atoms with Crippen molar-refractivity contribution in [2.24, 2.45) is 0 Å². The van der Waals surface area contributed by atoms with Gasteiger partial charge >= 0.3 is 6.36 Å². The fourth-order valence-corrected chi connectivity index (χ4v) is 3.91. The lowest BCUT2D eigenvalue weighted by Gasteiger charge is -2.15. The highest BCUT2D eigenvalue weighted by Crippen LogP contribution is 2.26. The predicted octanol–water partition coefficient (Wildman–Crippen LogP) is 5.17. The zero-order valence-electron chi connectivity index (χ0n) is 15.2. The summed E-state index contributed by atoms with van der Waals surface area (Å²) < 4.78 is 40.4. The summed E-state index contributed by atoms with van der Waals surface area (Å²) in [5, 5.41) is 8.48. The second-order valence-corrected chi connectivity index (χ2v) is 7.63. The first-order valence-corrected chi connectivity index (χ1v) is 10.1. The molecule has 1 aliphatic carbocycles. The average molecular weight is 413 g/mol. The molecule has 28 heavy (non-hydrogen) atoms. The summed E-state index contributed by atoms with van der Waals surface area (Å²) >= 11 is 1.34. The number of aromatic nitrogens is 1. The minimum Gasteiger partial charge on any atom is -0.406 e. The molecule has 0 bridgehead atoms. The number of carbonyl (C=O) groups excluding carboxylic acids is 1. The van der Waals surface area contributed by atoms with E-state index in [-0.39, 0.29) is 24.1 Å². The van der Waals surface area contributed by atoms with E-state index in [4.69, 9.17) is 0 Å². The molecule has 1 aromatic heterocycles. The third-order valence-electron chi connectivity index (χ3n) is 4.45. The lowest BCUT2D eigenvalue weighted by molar-refractivity contribution is -0.274. The number of nitrogens with one attached hydrogen (secondary N) is 2. The number of thiazole rings is 1. The molecule has 5 nitrogen and oxygen atoms in total. The van der Waals surface area contributed by atoms with Crippen LogP contribution in [0.2, 0.25) is 0 Å². The minimum atomic E-state index is -4.71. The van der Waals surface area contributed by atoms with Crippen LogP contribution in [-0.2, 0) is 11.2 Å². The molecule has 0 saturated heterocycles. The molecular weight excluding hydrogens is 391 g/mol. The molecule has 0 spiro atoms. The van der Waals surface area contributed by atoms with Gasteiger partial charge in [0.15, 0.2) is 5.13 Å². The zero-order chi connectivity index (χ0) is 20.0. The molecule has 0 aliphatic heterocycles. The Kier molecular flexibility index (Phi) is 6.77. The van der Waals surface area contributed by atoms with E-state index in [0.717, 1.165) is 25.7 Å². The van der Waals surface area contributed by atoms with Gasteiger partial charge in [0.05, 0.1) is 12.1 Å². The van der Waals surface area contributed by atoms with E-state index in [2.05, 4.69) is 20.4 Å². The van der Waals surface area contributed by atoms with Gasteiger partial charge in [-0.15, -0.1) is 24.5 Å². The highest BCUT2D eigenvalue weighted by Gasteiger charge is 2.30. The standard InChI is InChI=1S/C19H22F3N3O2S/c20-19(21,22)27-16-9-7-14(8-10-16)24-18-25-15(12-28-18)11-17(26)23-13-5-3-1-2-4-6-13/h7-10,12-13H,1-6,11H2,(H,23,26)(H,24,25). The van der Waals surface area contributed by atoms with E-state index < -0.39 is 6.36 Å². The van der Waals surface area contributed by atoms with Crippen molar-refractivity contribution in [1.82, 2.24) is 10.3 Å². The molecule has 3 rings (SSSR count). The third-order valence-corrected chi connectivity index (χ3v) is 5.26. The summed E-state index contributed by atoms with van der Waals surface area (Å²) in [7, 11) is 0. The Bertz CT molecular complexity index is 769. The lowest BCUT2D eigenvalue weighted by atomic mass is 10.1. The summed E-state index contributed by atoms with van der Waals surface area (Å²) in [5.41, 5.74) is 1.24. The van der Waals surface area contributed by atoms with Crippen LogP contribution in [0.1, 0.15) is 44.2 Å². The fraction of sp³-hybridized carbons (Fsp3) is 0.474. The van der Waals surface area contributed by atoms with Gasteiger partial charge in [0.2, 0.25) is 5.91 Å². The number of anilines is 2. The molecule has 1 aromatic carbocycles. The van der Waals surface area contributed by atoms with Gasteiger partial charge in [-0.2, -0.15) is 0 Å². The highest BCUT2D eigenvalue weighted by molar-refractivity contribution is 7.13. The van der Waals surface area contributed by atoms with Crippen molar-refractivity contribution in [1.29, 1.82) is 0 Å². The number of carbonyl (C=O) groups is 1. The Morgan fingerprint density at radius 3 is 2.46 bits per heavy atom. The van der Waals surface area contributed by atoms with Crippen molar-refractivity contribution in [2.45, 2.75) is 57.3 Å². The monoisotopic (exact) mass is 413 g/mol. The topological polar surface area (TPSA) is 63.2 Å². The molecule has 1 fully saturated rings. The van der Waals surface area contributed by atoms with Gasteiger partial charge in [-0.1, -0.05) is 25.7 Å². The van der Waals surface area contributed by atoms with E-state index in [1.54, 1.807) is 5.38 Å². The quantitative estimate of drug-likeness (QED) is 0.642. The van der Waals surface area contributed by atoms with Crippen molar-refractivity contribution < 1.29 is 22.7 Å². The molecule has 0 atom stereocenters. The number of amides is 1. The van der Waals surface area contributed by atoms with Gasteiger partial charge in [-0.05, 0) is 37.1 Å². The first kappa shape index (κ1) is 20.4. The number of halogens is 3. The van der Waals surface area contributed by atoms with Gasteiger partial charge in [0, 0.05) is 17.1 Å².